The molecule has 20 heavy (non-hydrogen) atoms. The minimum Gasteiger partial charge on any atom is -0.480 e. The fraction of sp³-hybridized carbons (Fsp3) is 0.250. The molecule has 0 saturated heterocycles. The summed E-state index contributed by atoms with van der Waals surface area (Å²) < 4.78 is 9.87. The molecule has 0 atom stereocenters. The van der Waals surface area contributed by atoms with Crippen LogP contribution < -0.4 is 4.74 Å². The summed E-state index contributed by atoms with van der Waals surface area (Å²) in [4.78, 5) is 16.0. The van der Waals surface area contributed by atoms with Gasteiger partial charge in [-0.3, -0.25) is 0 Å². The Labute approximate surface area is 118 Å². The molecule has 1 heterocycles. The Balaban J connectivity index is 2.48. The summed E-state index contributed by atoms with van der Waals surface area (Å²) in [7, 11) is 2.82. The summed E-state index contributed by atoms with van der Waals surface area (Å²) in [5, 5.41) is 0. The summed E-state index contributed by atoms with van der Waals surface area (Å²) in [6.45, 7) is 4.12. The van der Waals surface area contributed by atoms with Crippen LogP contribution >= 0.6 is 0 Å². The summed E-state index contributed by atoms with van der Waals surface area (Å²) >= 11 is 0. The van der Waals surface area contributed by atoms with Crippen molar-refractivity contribution in [3.8, 4) is 17.1 Å². The van der Waals surface area contributed by atoms with Crippen molar-refractivity contribution in [2.45, 2.75) is 13.8 Å². The number of hydrogen-bond donors (Lipinski definition) is 0. The maximum absolute atomic E-state index is 11.6. The second-order valence-corrected chi connectivity index (χ2v) is 4.54. The van der Waals surface area contributed by atoms with E-state index in [-0.39, 0.29) is 5.88 Å². The number of esters is 1. The average Bonchev–Trinajstić information content (AvgIpc) is 2.48. The maximum atomic E-state index is 11.6. The molecule has 0 bridgehead atoms. The molecule has 4 nitrogen and oxygen atoms in total. The molecule has 0 aliphatic rings. The van der Waals surface area contributed by atoms with E-state index >= 15 is 0 Å². The Morgan fingerprint density at radius 1 is 1.05 bits per heavy atom. The van der Waals surface area contributed by atoms with Crippen molar-refractivity contribution in [1.29, 1.82) is 0 Å². The normalized spacial score (nSPS) is 10.2. The predicted octanol–water partition coefficient (Wildman–Crippen LogP) is 3.16. The minimum absolute atomic E-state index is 0.271. The van der Waals surface area contributed by atoms with Crippen LogP contribution in [0.25, 0.3) is 11.3 Å². The van der Waals surface area contributed by atoms with E-state index in [1.807, 2.05) is 12.1 Å². The SMILES string of the molecule is COC(=O)c1ccc(-c2ccc(C)c(C)c2)nc1OC. The zero-order valence-electron chi connectivity index (χ0n) is 12.1. The largest absolute Gasteiger partial charge is 0.480 e. The second-order valence-electron chi connectivity index (χ2n) is 4.54. The van der Waals surface area contributed by atoms with Gasteiger partial charge in [0.25, 0.3) is 0 Å². The lowest BCUT2D eigenvalue weighted by Crippen LogP contribution is -2.06. The van der Waals surface area contributed by atoms with Crippen molar-refractivity contribution >= 4 is 5.97 Å². The molecule has 1 aromatic heterocycles. The number of nitrogens with zero attached hydrogens (tertiary/aromatic N) is 1. The van der Waals surface area contributed by atoms with Gasteiger partial charge in [0.15, 0.2) is 0 Å². The molecule has 0 fully saturated rings. The highest BCUT2D eigenvalue weighted by molar-refractivity contribution is 5.92. The number of aryl methyl sites for hydroxylation is 2. The molecule has 0 amide bonds. The maximum Gasteiger partial charge on any atom is 0.343 e. The molecule has 0 radical (unpaired) electrons. The molecule has 0 N–H and O–H groups in total. The molecular weight excluding hydrogens is 254 g/mol. The zero-order chi connectivity index (χ0) is 14.7. The van der Waals surface area contributed by atoms with Crippen LogP contribution in [0.2, 0.25) is 0 Å². The van der Waals surface area contributed by atoms with Crippen LogP contribution in [0.1, 0.15) is 21.5 Å². The van der Waals surface area contributed by atoms with Gasteiger partial charge in [-0.25, -0.2) is 9.78 Å². The molecule has 0 aliphatic heterocycles. The van der Waals surface area contributed by atoms with E-state index in [9.17, 15) is 4.79 Å². The smallest absolute Gasteiger partial charge is 0.343 e. The number of hydrogen-bond acceptors (Lipinski definition) is 4. The van der Waals surface area contributed by atoms with Crippen LogP contribution in [0.4, 0.5) is 0 Å². The lowest BCUT2D eigenvalue weighted by molar-refractivity contribution is 0.0596. The second kappa shape index (κ2) is 5.74. The zero-order valence-corrected chi connectivity index (χ0v) is 12.1. The Kier molecular flexibility index (Phi) is 4.03. The van der Waals surface area contributed by atoms with E-state index in [4.69, 9.17) is 9.47 Å². The highest BCUT2D eigenvalue weighted by Crippen LogP contribution is 2.25. The van der Waals surface area contributed by atoms with E-state index < -0.39 is 5.97 Å². The van der Waals surface area contributed by atoms with E-state index in [1.54, 1.807) is 12.1 Å². The predicted molar refractivity (Wildman–Crippen MR) is 77.0 cm³/mol. The quantitative estimate of drug-likeness (QED) is 0.804. The first kappa shape index (κ1) is 14.1. The van der Waals surface area contributed by atoms with Crippen LogP contribution in [0.3, 0.4) is 0 Å². The third kappa shape index (κ3) is 2.64. The minimum atomic E-state index is -0.457. The molecule has 2 rings (SSSR count). The molecule has 104 valence electrons. The number of pyridine rings is 1. The van der Waals surface area contributed by atoms with Crippen LogP contribution in [0, 0.1) is 13.8 Å². The van der Waals surface area contributed by atoms with Gasteiger partial charge in [-0.2, -0.15) is 0 Å². The van der Waals surface area contributed by atoms with Crippen molar-refractivity contribution in [2.24, 2.45) is 0 Å². The monoisotopic (exact) mass is 271 g/mol. The molecular formula is C16H17NO3. The van der Waals surface area contributed by atoms with Gasteiger partial charge in [-0.05, 0) is 43.2 Å². The molecule has 0 aliphatic carbocycles. The molecule has 0 unspecified atom stereocenters. The van der Waals surface area contributed by atoms with Gasteiger partial charge in [0.2, 0.25) is 5.88 Å². The number of benzene rings is 1. The third-order valence-electron chi connectivity index (χ3n) is 3.26. The van der Waals surface area contributed by atoms with Gasteiger partial charge in [0.1, 0.15) is 5.56 Å². The summed E-state index contributed by atoms with van der Waals surface area (Å²) in [5.41, 5.74) is 4.50. The van der Waals surface area contributed by atoms with Gasteiger partial charge in [-0.15, -0.1) is 0 Å². The Bertz CT molecular complexity index is 650. The van der Waals surface area contributed by atoms with E-state index in [2.05, 4.69) is 24.9 Å². The Morgan fingerprint density at radius 3 is 2.40 bits per heavy atom. The van der Waals surface area contributed by atoms with Crippen molar-refractivity contribution in [1.82, 2.24) is 4.98 Å². The summed E-state index contributed by atoms with van der Waals surface area (Å²) in [6.07, 6.45) is 0. The lowest BCUT2D eigenvalue weighted by atomic mass is 10.0. The highest BCUT2D eigenvalue weighted by Gasteiger charge is 2.15. The van der Waals surface area contributed by atoms with E-state index in [1.165, 1.54) is 25.3 Å². The van der Waals surface area contributed by atoms with Crippen LogP contribution in [-0.2, 0) is 4.74 Å². The summed E-state index contributed by atoms with van der Waals surface area (Å²) in [5.74, 6) is -0.187. The van der Waals surface area contributed by atoms with E-state index in [0.29, 0.717) is 5.56 Å². The standard InChI is InChI=1S/C16H17NO3/c1-10-5-6-12(9-11(10)2)14-8-7-13(16(18)20-4)15(17-14)19-3/h5-9H,1-4H3. The first-order valence-electron chi connectivity index (χ1n) is 6.27. The van der Waals surface area contributed by atoms with Crippen molar-refractivity contribution in [3.63, 3.8) is 0 Å². The van der Waals surface area contributed by atoms with Gasteiger partial charge in [0, 0.05) is 5.56 Å². The third-order valence-corrected chi connectivity index (χ3v) is 3.26. The molecule has 0 saturated carbocycles. The van der Waals surface area contributed by atoms with Gasteiger partial charge >= 0.3 is 5.97 Å². The highest BCUT2D eigenvalue weighted by atomic mass is 16.5. The first-order valence-corrected chi connectivity index (χ1v) is 6.27. The first-order chi connectivity index (χ1) is 9.56. The summed E-state index contributed by atoms with van der Waals surface area (Å²) in [6, 6.07) is 9.57. The number of aromatic nitrogens is 1. The lowest BCUT2D eigenvalue weighted by Gasteiger charge is -2.09. The Hall–Kier alpha value is -2.36. The topological polar surface area (TPSA) is 48.4 Å². The fourth-order valence-corrected chi connectivity index (χ4v) is 1.92. The number of methoxy groups -OCH3 is 2. The molecule has 2 aromatic rings. The van der Waals surface area contributed by atoms with E-state index in [0.717, 1.165) is 11.3 Å². The van der Waals surface area contributed by atoms with Crippen molar-refractivity contribution < 1.29 is 14.3 Å². The number of carbonyl (C=O) groups excluding carboxylic acids is 1. The van der Waals surface area contributed by atoms with Crippen molar-refractivity contribution in [2.75, 3.05) is 14.2 Å². The number of carbonyl (C=O) groups is 1. The van der Waals surface area contributed by atoms with Gasteiger partial charge in [-0.1, -0.05) is 12.1 Å². The van der Waals surface area contributed by atoms with Gasteiger partial charge in [0.05, 0.1) is 19.9 Å². The molecule has 4 heteroatoms. The van der Waals surface area contributed by atoms with Crippen molar-refractivity contribution in [3.05, 3.63) is 47.0 Å². The molecule has 0 spiro atoms. The van der Waals surface area contributed by atoms with Crippen LogP contribution in [0.5, 0.6) is 5.88 Å². The van der Waals surface area contributed by atoms with Crippen LogP contribution in [-0.4, -0.2) is 25.2 Å². The number of rotatable bonds is 3. The Morgan fingerprint density at radius 2 is 1.80 bits per heavy atom. The molecule has 1 aromatic carbocycles. The fourth-order valence-electron chi connectivity index (χ4n) is 1.92. The van der Waals surface area contributed by atoms with Crippen LogP contribution in [0.15, 0.2) is 30.3 Å². The van der Waals surface area contributed by atoms with Gasteiger partial charge < -0.3 is 9.47 Å². The average molecular weight is 271 g/mol. The number of ether oxygens (including phenoxy) is 2.